The van der Waals surface area contributed by atoms with E-state index in [9.17, 15) is 9.59 Å². The van der Waals surface area contributed by atoms with E-state index in [4.69, 9.17) is 4.74 Å². The third-order valence-corrected chi connectivity index (χ3v) is 6.85. The van der Waals surface area contributed by atoms with Crippen LogP contribution in [0.15, 0.2) is 59.5 Å². The first-order chi connectivity index (χ1) is 16.7. The lowest BCUT2D eigenvalue weighted by Crippen LogP contribution is -2.57. The molecule has 1 aromatic heterocycles. The Labute approximate surface area is 206 Å². The Morgan fingerprint density at radius 2 is 1.83 bits per heavy atom. The molecule has 1 amide bonds. The van der Waals surface area contributed by atoms with Crippen molar-refractivity contribution in [3.05, 3.63) is 81.8 Å². The summed E-state index contributed by atoms with van der Waals surface area (Å²) >= 11 is 0. The van der Waals surface area contributed by atoms with Crippen LogP contribution in [-0.4, -0.2) is 55.7 Å². The summed E-state index contributed by atoms with van der Waals surface area (Å²) in [5, 5.41) is 3.16. The highest BCUT2D eigenvalue weighted by Crippen LogP contribution is 2.29. The lowest BCUT2D eigenvalue weighted by Gasteiger charge is -2.44. The minimum atomic E-state index is -0.242. The van der Waals surface area contributed by atoms with Gasteiger partial charge in [-0.3, -0.25) is 9.59 Å². The van der Waals surface area contributed by atoms with E-state index in [0.717, 1.165) is 41.0 Å². The number of amides is 1. The fourth-order valence-corrected chi connectivity index (χ4v) is 4.32. The molecule has 2 heterocycles. The first-order valence-electron chi connectivity index (χ1n) is 11.8. The van der Waals surface area contributed by atoms with E-state index in [2.05, 4.69) is 35.3 Å². The molecule has 7 nitrogen and oxygen atoms in total. The maximum atomic E-state index is 13.3. The summed E-state index contributed by atoms with van der Waals surface area (Å²) in [4.78, 5) is 29.6. The van der Waals surface area contributed by atoms with Gasteiger partial charge in [-0.1, -0.05) is 6.07 Å². The van der Waals surface area contributed by atoms with Gasteiger partial charge in [0.25, 0.3) is 5.91 Å². The standard InChI is InChI=1S/C28H34N4O3/c1-18-7-9-23(32-16-24(17-32)30(3)4)14-26(18)28(34)29-19(2)21-11-22(13-25(12-21)35-6)20-8-10-27(33)31(5)15-20/h7-15,19,24H,16-17H2,1-6H3,(H,29,34). The number of anilines is 1. The van der Waals surface area contributed by atoms with E-state index < -0.39 is 0 Å². The SMILES string of the molecule is COc1cc(-c2ccc(=O)n(C)c2)cc(C(C)NC(=O)c2cc(N3CC(N(C)C)C3)ccc2C)c1. The summed E-state index contributed by atoms with van der Waals surface area (Å²) in [5.41, 5.74) is 5.38. The Hall–Kier alpha value is -3.58. The molecule has 1 atom stereocenters. The van der Waals surface area contributed by atoms with Crippen molar-refractivity contribution >= 4 is 11.6 Å². The van der Waals surface area contributed by atoms with Gasteiger partial charge in [0.2, 0.25) is 5.56 Å². The number of benzene rings is 2. The van der Waals surface area contributed by atoms with Gasteiger partial charge in [0.15, 0.2) is 0 Å². The molecule has 0 radical (unpaired) electrons. The Kier molecular flexibility index (Phi) is 6.98. The number of rotatable bonds is 7. The molecule has 0 spiro atoms. The van der Waals surface area contributed by atoms with Gasteiger partial charge in [-0.2, -0.15) is 0 Å². The van der Waals surface area contributed by atoms with E-state index in [0.29, 0.717) is 17.4 Å². The molecule has 3 aromatic rings. The largest absolute Gasteiger partial charge is 0.497 e. The van der Waals surface area contributed by atoms with Gasteiger partial charge in [0, 0.05) is 49.7 Å². The van der Waals surface area contributed by atoms with Gasteiger partial charge >= 0.3 is 0 Å². The summed E-state index contributed by atoms with van der Waals surface area (Å²) in [6.07, 6.45) is 1.80. The van der Waals surface area contributed by atoms with Gasteiger partial charge < -0.3 is 24.4 Å². The van der Waals surface area contributed by atoms with Crippen LogP contribution in [0.1, 0.15) is 34.5 Å². The maximum absolute atomic E-state index is 13.3. The van der Waals surface area contributed by atoms with Crippen LogP contribution in [0.25, 0.3) is 11.1 Å². The molecule has 35 heavy (non-hydrogen) atoms. The van der Waals surface area contributed by atoms with E-state index in [1.807, 2.05) is 44.2 Å². The second kappa shape index (κ2) is 9.96. The van der Waals surface area contributed by atoms with Crippen molar-refractivity contribution in [2.24, 2.45) is 7.05 Å². The minimum absolute atomic E-state index is 0.0643. The van der Waals surface area contributed by atoms with Crippen LogP contribution in [0.4, 0.5) is 5.69 Å². The molecule has 184 valence electrons. The normalized spacial score (nSPS) is 14.5. The number of aromatic nitrogens is 1. The van der Waals surface area contributed by atoms with Crippen molar-refractivity contribution in [3.8, 4) is 16.9 Å². The van der Waals surface area contributed by atoms with Gasteiger partial charge in [-0.15, -0.1) is 0 Å². The van der Waals surface area contributed by atoms with E-state index >= 15 is 0 Å². The average Bonchev–Trinajstić information content (AvgIpc) is 2.80. The van der Waals surface area contributed by atoms with Crippen LogP contribution >= 0.6 is 0 Å². The summed E-state index contributed by atoms with van der Waals surface area (Å²) < 4.78 is 7.08. The Morgan fingerprint density at radius 1 is 1.09 bits per heavy atom. The fraction of sp³-hybridized carbons (Fsp3) is 0.357. The van der Waals surface area contributed by atoms with Crippen LogP contribution in [-0.2, 0) is 7.05 Å². The lowest BCUT2D eigenvalue weighted by atomic mass is 9.99. The Bertz CT molecular complexity index is 1290. The van der Waals surface area contributed by atoms with Gasteiger partial charge in [0.1, 0.15) is 5.75 Å². The summed E-state index contributed by atoms with van der Waals surface area (Å²) in [6, 6.07) is 15.6. The summed E-state index contributed by atoms with van der Waals surface area (Å²) in [5.74, 6) is 0.590. The highest BCUT2D eigenvalue weighted by atomic mass is 16.5. The first-order valence-corrected chi connectivity index (χ1v) is 11.8. The number of hydrogen-bond donors (Lipinski definition) is 1. The van der Waals surface area contributed by atoms with Gasteiger partial charge in [-0.05, 0) is 86.6 Å². The number of aryl methyl sites for hydroxylation is 2. The molecular weight excluding hydrogens is 440 g/mol. The van der Waals surface area contributed by atoms with Crippen LogP contribution < -0.4 is 20.5 Å². The zero-order chi connectivity index (χ0) is 25.3. The van der Waals surface area contributed by atoms with Crippen LogP contribution in [0.5, 0.6) is 5.75 Å². The molecule has 1 fully saturated rings. The fourth-order valence-electron chi connectivity index (χ4n) is 4.32. The van der Waals surface area contributed by atoms with Crippen molar-refractivity contribution in [2.75, 3.05) is 39.2 Å². The monoisotopic (exact) mass is 474 g/mol. The molecule has 0 bridgehead atoms. The quantitative estimate of drug-likeness (QED) is 0.567. The van der Waals surface area contributed by atoms with Crippen molar-refractivity contribution in [1.29, 1.82) is 0 Å². The number of likely N-dealkylation sites (N-methyl/N-ethyl adjacent to an activating group) is 1. The van der Waals surface area contributed by atoms with Crippen molar-refractivity contribution in [3.63, 3.8) is 0 Å². The second-order valence-electron chi connectivity index (χ2n) is 9.58. The number of nitrogens with zero attached hydrogens (tertiary/aromatic N) is 3. The molecule has 4 rings (SSSR count). The predicted molar refractivity (Wildman–Crippen MR) is 140 cm³/mol. The second-order valence-corrected chi connectivity index (χ2v) is 9.58. The maximum Gasteiger partial charge on any atom is 0.252 e. The number of pyridine rings is 1. The number of nitrogens with one attached hydrogen (secondary N) is 1. The van der Waals surface area contributed by atoms with Gasteiger partial charge in [0.05, 0.1) is 13.2 Å². The number of carbonyl (C=O) groups excluding carboxylic acids is 1. The number of ether oxygens (including phenoxy) is 1. The molecule has 7 heteroatoms. The topological polar surface area (TPSA) is 66.8 Å². The average molecular weight is 475 g/mol. The third-order valence-electron chi connectivity index (χ3n) is 6.85. The first kappa shape index (κ1) is 24.5. The van der Waals surface area contributed by atoms with E-state index in [-0.39, 0.29) is 17.5 Å². The van der Waals surface area contributed by atoms with Crippen molar-refractivity contribution in [2.45, 2.75) is 25.9 Å². The predicted octanol–water partition coefficient (Wildman–Crippen LogP) is 3.61. The minimum Gasteiger partial charge on any atom is -0.497 e. The third kappa shape index (κ3) is 5.25. The molecule has 1 aliphatic rings. The molecular formula is C28H34N4O3. The zero-order valence-electron chi connectivity index (χ0n) is 21.3. The number of carbonyl (C=O) groups is 1. The van der Waals surface area contributed by atoms with Crippen LogP contribution in [0.3, 0.4) is 0 Å². The Balaban J connectivity index is 1.55. The highest BCUT2D eigenvalue weighted by Gasteiger charge is 2.29. The van der Waals surface area contributed by atoms with Crippen molar-refractivity contribution < 1.29 is 9.53 Å². The lowest BCUT2D eigenvalue weighted by molar-refractivity contribution is 0.0939. The molecule has 1 aliphatic heterocycles. The molecule has 1 N–H and O–H groups in total. The molecule has 2 aromatic carbocycles. The van der Waals surface area contributed by atoms with E-state index in [1.54, 1.807) is 37.1 Å². The number of hydrogen-bond acceptors (Lipinski definition) is 5. The zero-order valence-corrected chi connectivity index (χ0v) is 21.3. The molecule has 1 saturated heterocycles. The molecule has 0 saturated carbocycles. The summed E-state index contributed by atoms with van der Waals surface area (Å²) in [7, 11) is 7.55. The highest BCUT2D eigenvalue weighted by molar-refractivity contribution is 5.97. The Morgan fingerprint density at radius 3 is 2.49 bits per heavy atom. The van der Waals surface area contributed by atoms with Crippen LogP contribution in [0, 0.1) is 6.92 Å². The van der Waals surface area contributed by atoms with Gasteiger partial charge in [-0.25, -0.2) is 0 Å². The number of methoxy groups -OCH3 is 1. The smallest absolute Gasteiger partial charge is 0.252 e. The molecule has 0 aliphatic carbocycles. The van der Waals surface area contributed by atoms with Crippen LogP contribution in [0.2, 0.25) is 0 Å². The van der Waals surface area contributed by atoms with Crippen molar-refractivity contribution in [1.82, 2.24) is 14.8 Å². The summed E-state index contributed by atoms with van der Waals surface area (Å²) in [6.45, 7) is 5.86. The van der Waals surface area contributed by atoms with E-state index in [1.165, 1.54) is 0 Å². The molecule has 1 unspecified atom stereocenters.